The molecule has 0 aromatic heterocycles. The van der Waals surface area contributed by atoms with E-state index in [2.05, 4.69) is 10.2 Å². The second-order valence-electron chi connectivity index (χ2n) is 7.25. The minimum absolute atomic E-state index is 0.00392. The van der Waals surface area contributed by atoms with Crippen LogP contribution in [-0.4, -0.2) is 54.1 Å². The summed E-state index contributed by atoms with van der Waals surface area (Å²) in [7, 11) is 0. The summed E-state index contributed by atoms with van der Waals surface area (Å²) in [6, 6.07) is 6.40. The van der Waals surface area contributed by atoms with Crippen LogP contribution in [0.2, 0.25) is 0 Å². The molecule has 0 spiro atoms. The van der Waals surface area contributed by atoms with E-state index in [0.29, 0.717) is 12.1 Å². The van der Waals surface area contributed by atoms with E-state index in [-0.39, 0.29) is 17.1 Å². The van der Waals surface area contributed by atoms with Crippen LogP contribution < -0.4 is 5.32 Å². The predicted octanol–water partition coefficient (Wildman–Crippen LogP) is 2.76. The fourth-order valence-electron chi connectivity index (χ4n) is 4.00. The molecule has 0 aliphatic carbocycles. The van der Waals surface area contributed by atoms with Crippen molar-refractivity contribution in [2.75, 3.05) is 32.8 Å². The monoisotopic (exact) mass is 373 g/mol. The normalized spacial score (nSPS) is 20.4. The maximum atomic E-state index is 12.3. The molecule has 2 aliphatic rings. The highest BCUT2D eigenvalue weighted by Crippen LogP contribution is 2.30. The number of likely N-dealkylation sites (tertiary alicyclic amines) is 1. The van der Waals surface area contributed by atoms with Crippen LogP contribution in [0.1, 0.15) is 37.7 Å². The second kappa shape index (κ2) is 9.10. The molecule has 0 atom stereocenters. The van der Waals surface area contributed by atoms with E-state index >= 15 is 0 Å². The Morgan fingerprint density at radius 3 is 2.63 bits per heavy atom. The van der Waals surface area contributed by atoms with Crippen molar-refractivity contribution in [3.8, 4) is 0 Å². The van der Waals surface area contributed by atoms with Gasteiger partial charge in [0.1, 0.15) is 0 Å². The third kappa shape index (κ3) is 4.93. The number of nitrogens with one attached hydrogen (secondary N) is 1. The zero-order valence-electron chi connectivity index (χ0n) is 15.6. The van der Waals surface area contributed by atoms with E-state index < -0.39 is 4.92 Å². The van der Waals surface area contributed by atoms with Crippen LogP contribution in [0.25, 0.3) is 6.08 Å². The lowest BCUT2D eigenvalue weighted by Gasteiger charge is -2.48. The first-order valence-corrected chi connectivity index (χ1v) is 9.63. The summed E-state index contributed by atoms with van der Waals surface area (Å²) in [5, 5.41) is 14.1. The van der Waals surface area contributed by atoms with Gasteiger partial charge in [-0.3, -0.25) is 19.8 Å². The summed E-state index contributed by atoms with van der Waals surface area (Å²) in [4.78, 5) is 25.5. The third-order valence-electron chi connectivity index (χ3n) is 5.59. The number of ether oxygens (including phenoxy) is 1. The maximum Gasteiger partial charge on any atom is 0.276 e. The molecule has 27 heavy (non-hydrogen) atoms. The summed E-state index contributed by atoms with van der Waals surface area (Å²) in [5.41, 5.74) is 0.381. The van der Waals surface area contributed by atoms with E-state index in [1.165, 1.54) is 37.5 Å². The third-order valence-corrected chi connectivity index (χ3v) is 5.59. The van der Waals surface area contributed by atoms with Gasteiger partial charge in [-0.05, 0) is 50.9 Å². The number of carbonyl (C=O) groups excluding carboxylic acids is 1. The number of para-hydroxylation sites is 1. The lowest BCUT2D eigenvalue weighted by atomic mass is 9.86. The van der Waals surface area contributed by atoms with Crippen molar-refractivity contribution in [1.82, 2.24) is 10.2 Å². The van der Waals surface area contributed by atoms with Crippen LogP contribution in [0, 0.1) is 10.1 Å². The summed E-state index contributed by atoms with van der Waals surface area (Å²) >= 11 is 0. The molecule has 7 nitrogen and oxygen atoms in total. The number of nitro groups is 1. The summed E-state index contributed by atoms with van der Waals surface area (Å²) in [6.07, 6.45) is 8.40. The average Bonchev–Trinajstić information content (AvgIpc) is 2.72. The van der Waals surface area contributed by atoms with Crippen molar-refractivity contribution in [3.05, 3.63) is 46.0 Å². The Morgan fingerprint density at radius 1 is 1.22 bits per heavy atom. The molecular weight excluding hydrogens is 346 g/mol. The highest BCUT2D eigenvalue weighted by Gasteiger charge is 2.38. The molecule has 2 saturated heterocycles. The first-order valence-electron chi connectivity index (χ1n) is 9.63. The lowest BCUT2D eigenvalue weighted by Crippen LogP contribution is -2.59. The molecule has 1 aromatic carbocycles. The Kier molecular flexibility index (Phi) is 6.58. The molecule has 1 amide bonds. The van der Waals surface area contributed by atoms with Gasteiger partial charge in [0.05, 0.1) is 10.5 Å². The molecule has 2 aliphatic heterocycles. The topological polar surface area (TPSA) is 84.7 Å². The number of hydrogen-bond acceptors (Lipinski definition) is 5. The minimum Gasteiger partial charge on any atom is -0.381 e. The summed E-state index contributed by atoms with van der Waals surface area (Å²) in [6.45, 7) is 4.16. The molecule has 0 radical (unpaired) electrons. The van der Waals surface area contributed by atoms with Crippen molar-refractivity contribution in [2.45, 2.75) is 37.6 Å². The molecule has 1 N–H and O–H groups in total. The highest BCUT2D eigenvalue weighted by molar-refractivity contribution is 5.92. The number of nitro benzene ring substituents is 1. The Morgan fingerprint density at radius 2 is 1.93 bits per heavy atom. The highest BCUT2D eigenvalue weighted by atomic mass is 16.6. The second-order valence-corrected chi connectivity index (χ2v) is 7.25. The van der Waals surface area contributed by atoms with Gasteiger partial charge in [-0.15, -0.1) is 0 Å². The molecule has 0 unspecified atom stereocenters. The van der Waals surface area contributed by atoms with Crippen molar-refractivity contribution >= 4 is 17.7 Å². The number of carbonyl (C=O) groups is 1. The Bertz CT molecular complexity index is 692. The number of nitrogens with zero attached hydrogens (tertiary/aromatic N) is 2. The standard InChI is InChI=1S/C20H27N3O4/c24-19(9-8-17-6-2-3-7-18(17)23(25)26)21-16-20(10-14-27-15-11-20)22-12-4-1-5-13-22/h2-3,6-9H,1,4-5,10-16H2,(H,21,24)/b9-8+. The Labute approximate surface area is 159 Å². The van der Waals surface area contributed by atoms with Crippen LogP contribution in [0.5, 0.6) is 0 Å². The number of benzene rings is 1. The molecule has 0 bridgehead atoms. The maximum absolute atomic E-state index is 12.3. The molecule has 7 heteroatoms. The molecule has 2 heterocycles. The van der Waals surface area contributed by atoms with Crippen molar-refractivity contribution < 1.29 is 14.5 Å². The van der Waals surface area contributed by atoms with Crippen LogP contribution >= 0.6 is 0 Å². The zero-order valence-corrected chi connectivity index (χ0v) is 15.6. The first-order chi connectivity index (χ1) is 13.1. The van der Waals surface area contributed by atoms with Gasteiger partial charge in [-0.25, -0.2) is 0 Å². The molecule has 2 fully saturated rings. The van der Waals surface area contributed by atoms with Gasteiger partial charge < -0.3 is 10.1 Å². The summed E-state index contributed by atoms with van der Waals surface area (Å²) < 4.78 is 5.55. The van der Waals surface area contributed by atoms with Gasteiger partial charge in [-0.2, -0.15) is 0 Å². The van der Waals surface area contributed by atoms with E-state index in [1.54, 1.807) is 18.2 Å². The van der Waals surface area contributed by atoms with Crippen molar-refractivity contribution in [1.29, 1.82) is 0 Å². The minimum atomic E-state index is -0.440. The van der Waals surface area contributed by atoms with Crippen molar-refractivity contribution in [2.24, 2.45) is 0 Å². The number of piperidine rings is 1. The predicted molar refractivity (Wildman–Crippen MR) is 103 cm³/mol. The number of amides is 1. The smallest absolute Gasteiger partial charge is 0.276 e. The zero-order chi connectivity index (χ0) is 19.1. The summed E-state index contributed by atoms with van der Waals surface area (Å²) in [5.74, 6) is -0.226. The molecule has 3 rings (SSSR count). The van der Waals surface area contributed by atoms with Crippen LogP contribution in [0.3, 0.4) is 0 Å². The van der Waals surface area contributed by atoms with Crippen molar-refractivity contribution in [3.63, 3.8) is 0 Å². The largest absolute Gasteiger partial charge is 0.381 e. The Balaban J connectivity index is 1.63. The van der Waals surface area contributed by atoms with E-state index in [1.807, 2.05) is 0 Å². The molecule has 146 valence electrons. The van der Waals surface area contributed by atoms with Gasteiger partial charge >= 0.3 is 0 Å². The fraction of sp³-hybridized carbons (Fsp3) is 0.550. The van der Waals surface area contributed by atoms with Gasteiger partial charge in [0, 0.05) is 37.4 Å². The van der Waals surface area contributed by atoms with Gasteiger partial charge in [0.25, 0.3) is 5.69 Å². The van der Waals surface area contributed by atoms with Crippen LogP contribution in [0.4, 0.5) is 5.69 Å². The van der Waals surface area contributed by atoms with Crippen LogP contribution in [0.15, 0.2) is 30.3 Å². The lowest BCUT2D eigenvalue weighted by molar-refractivity contribution is -0.385. The van der Waals surface area contributed by atoms with Gasteiger partial charge in [0.15, 0.2) is 0 Å². The van der Waals surface area contributed by atoms with E-state index in [0.717, 1.165) is 39.1 Å². The van der Waals surface area contributed by atoms with Gasteiger partial charge in [0.2, 0.25) is 5.91 Å². The molecular formula is C20H27N3O4. The number of rotatable bonds is 6. The van der Waals surface area contributed by atoms with E-state index in [4.69, 9.17) is 4.74 Å². The Hall–Kier alpha value is -2.25. The number of hydrogen-bond donors (Lipinski definition) is 1. The fourth-order valence-corrected chi connectivity index (χ4v) is 4.00. The average molecular weight is 373 g/mol. The SMILES string of the molecule is O=C(/C=C/c1ccccc1[N+](=O)[O-])NCC1(N2CCCCC2)CCOCC1. The van der Waals surface area contributed by atoms with Crippen LogP contribution in [-0.2, 0) is 9.53 Å². The first kappa shape index (κ1) is 19.5. The molecule has 0 saturated carbocycles. The molecule has 1 aromatic rings. The quantitative estimate of drug-likeness (QED) is 0.471. The van der Waals surface area contributed by atoms with E-state index in [9.17, 15) is 14.9 Å². The van der Waals surface area contributed by atoms with Gasteiger partial charge in [-0.1, -0.05) is 18.6 Å².